The predicted molar refractivity (Wildman–Crippen MR) is 52.9 cm³/mol. The van der Waals surface area contributed by atoms with Gasteiger partial charge in [0.15, 0.2) is 0 Å². The van der Waals surface area contributed by atoms with Crippen molar-refractivity contribution in [2.45, 2.75) is 13.0 Å². The molecule has 1 rings (SSSR count). The van der Waals surface area contributed by atoms with Crippen molar-refractivity contribution in [2.24, 2.45) is 5.73 Å². The summed E-state index contributed by atoms with van der Waals surface area (Å²) in [6, 6.07) is 2.89. The molecular formula is C8H10ClFN2O2. The van der Waals surface area contributed by atoms with Crippen LogP contribution in [0.4, 0.5) is 10.1 Å². The summed E-state index contributed by atoms with van der Waals surface area (Å²) in [5.74, 6) is -0.629. The van der Waals surface area contributed by atoms with Crippen molar-refractivity contribution in [2.75, 3.05) is 0 Å². The van der Waals surface area contributed by atoms with Gasteiger partial charge in [-0.2, -0.15) is 0 Å². The lowest BCUT2D eigenvalue weighted by molar-refractivity contribution is -0.385. The van der Waals surface area contributed by atoms with Crippen LogP contribution in [0.15, 0.2) is 18.2 Å². The minimum absolute atomic E-state index is 0. The summed E-state index contributed by atoms with van der Waals surface area (Å²) in [5, 5.41) is 10.5. The molecule has 0 radical (unpaired) electrons. The fourth-order valence-corrected chi connectivity index (χ4v) is 1.06. The number of hydrogen-bond acceptors (Lipinski definition) is 3. The third-order valence-electron chi connectivity index (χ3n) is 1.68. The molecule has 0 aliphatic carbocycles. The quantitative estimate of drug-likeness (QED) is 0.614. The Kier molecular flexibility index (Phi) is 4.46. The van der Waals surface area contributed by atoms with Gasteiger partial charge in [0.1, 0.15) is 5.82 Å². The summed E-state index contributed by atoms with van der Waals surface area (Å²) in [4.78, 5) is 9.82. The molecule has 4 nitrogen and oxygen atoms in total. The molecule has 0 aromatic heterocycles. The number of nitro groups is 1. The van der Waals surface area contributed by atoms with Crippen LogP contribution in [-0.4, -0.2) is 4.92 Å². The van der Waals surface area contributed by atoms with Gasteiger partial charge in [-0.25, -0.2) is 4.39 Å². The van der Waals surface area contributed by atoms with E-state index in [1.807, 2.05) is 0 Å². The Morgan fingerprint density at radius 1 is 1.57 bits per heavy atom. The lowest BCUT2D eigenvalue weighted by atomic mass is 10.1. The number of nitro benzene ring substituents is 1. The van der Waals surface area contributed by atoms with E-state index >= 15 is 0 Å². The van der Waals surface area contributed by atoms with E-state index in [0.717, 1.165) is 12.1 Å². The topological polar surface area (TPSA) is 69.2 Å². The van der Waals surface area contributed by atoms with Crippen LogP contribution < -0.4 is 5.73 Å². The van der Waals surface area contributed by atoms with E-state index < -0.39 is 16.8 Å². The van der Waals surface area contributed by atoms with Gasteiger partial charge < -0.3 is 5.73 Å². The standard InChI is InChI=1S/C8H9FN2O2.ClH/c1-5(10)7-3-2-6(9)4-8(7)11(12)13;/h2-5H,10H2,1H3;1H/t5-;/m1./s1. The number of hydrogen-bond donors (Lipinski definition) is 1. The molecule has 1 aromatic rings. The molecule has 0 spiro atoms. The highest BCUT2D eigenvalue weighted by molar-refractivity contribution is 5.85. The van der Waals surface area contributed by atoms with Crippen LogP contribution in [0.2, 0.25) is 0 Å². The van der Waals surface area contributed by atoms with E-state index in [-0.39, 0.29) is 18.1 Å². The first kappa shape index (κ1) is 12.8. The number of nitrogens with zero attached hydrogens (tertiary/aromatic N) is 1. The van der Waals surface area contributed by atoms with Crippen molar-refractivity contribution in [1.82, 2.24) is 0 Å². The van der Waals surface area contributed by atoms with Crippen molar-refractivity contribution in [3.63, 3.8) is 0 Å². The van der Waals surface area contributed by atoms with Gasteiger partial charge in [0.2, 0.25) is 0 Å². The van der Waals surface area contributed by atoms with E-state index in [1.165, 1.54) is 6.07 Å². The zero-order chi connectivity index (χ0) is 10.0. The van der Waals surface area contributed by atoms with Gasteiger partial charge in [-0.1, -0.05) is 0 Å². The van der Waals surface area contributed by atoms with Crippen LogP contribution in [-0.2, 0) is 0 Å². The second-order valence-electron chi connectivity index (χ2n) is 2.75. The normalized spacial score (nSPS) is 11.6. The summed E-state index contributed by atoms with van der Waals surface area (Å²) in [6.45, 7) is 1.61. The number of nitrogens with two attached hydrogens (primary N) is 1. The molecular weight excluding hydrogens is 211 g/mol. The van der Waals surface area contributed by atoms with Gasteiger partial charge in [-0.3, -0.25) is 10.1 Å². The van der Waals surface area contributed by atoms with Crippen molar-refractivity contribution in [3.8, 4) is 0 Å². The zero-order valence-electron chi connectivity index (χ0n) is 7.44. The molecule has 1 aromatic carbocycles. The lowest BCUT2D eigenvalue weighted by Crippen LogP contribution is -2.08. The second kappa shape index (κ2) is 4.88. The van der Waals surface area contributed by atoms with E-state index in [2.05, 4.69) is 0 Å². The van der Waals surface area contributed by atoms with E-state index in [1.54, 1.807) is 6.92 Å². The van der Waals surface area contributed by atoms with E-state index in [0.29, 0.717) is 5.56 Å². The highest BCUT2D eigenvalue weighted by Gasteiger charge is 2.16. The van der Waals surface area contributed by atoms with Crippen LogP contribution in [0.25, 0.3) is 0 Å². The molecule has 2 N–H and O–H groups in total. The minimum Gasteiger partial charge on any atom is -0.324 e. The summed E-state index contributed by atoms with van der Waals surface area (Å²) >= 11 is 0. The van der Waals surface area contributed by atoms with Crippen LogP contribution in [0.5, 0.6) is 0 Å². The third-order valence-corrected chi connectivity index (χ3v) is 1.68. The number of halogens is 2. The Labute approximate surface area is 86.5 Å². The first-order valence-corrected chi connectivity index (χ1v) is 3.72. The largest absolute Gasteiger partial charge is 0.324 e. The summed E-state index contributed by atoms with van der Waals surface area (Å²) in [7, 11) is 0. The molecule has 1 atom stereocenters. The van der Waals surface area contributed by atoms with Crippen molar-refractivity contribution in [1.29, 1.82) is 0 Å². The first-order chi connectivity index (χ1) is 6.02. The molecule has 0 fully saturated rings. The molecule has 6 heteroatoms. The number of benzene rings is 1. The van der Waals surface area contributed by atoms with Gasteiger partial charge in [0.25, 0.3) is 5.69 Å². The monoisotopic (exact) mass is 220 g/mol. The number of rotatable bonds is 2. The minimum atomic E-state index is -0.637. The molecule has 0 aliphatic heterocycles. The molecule has 0 aliphatic rings. The fourth-order valence-electron chi connectivity index (χ4n) is 1.06. The Balaban J connectivity index is 0.00000169. The average Bonchev–Trinajstić information content (AvgIpc) is 2.03. The summed E-state index contributed by atoms with van der Waals surface area (Å²) < 4.78 is 12.6. The average molecular weight is 221 g/mol. The van der Waals surface area contributed by atoms with Crippen molar-refractivity contribution in [3.05, 3.63) is 39.7 Å². The first-order valence-electron chi connectivity index (χ1n) is 3.72. The van der Waals surface area contributed by atoms with Crippen molar-refractivity contribution < 1.29 is 9.31 Å². The highest BCUT2D eigenvalue weighted by Crippen LogP contribution is 2.24. The molecule has 0 saturated heterocycles. The molecule has 0 amide bonds. The molecule has 78 valence electrons. The van der Waals surface area contributed by atoms with Gasteiger partial charge in [-0.05, 0) is 19.1 Å². The third kappa shape index (κ3) is 2.65. The Hall–Kier alpha value is -1.20. The summed E-state index contributed by atoms with van der Waals surface area (Å²) in [5.41, 5.74) is 5.55. The van der Waals surface area contributed by atoms with Crippen LogP contribution >= 0.6 is 12.4 Å². The molecule has 0 unspecified atom stereocenters. The predicted octanol–water partition coefficient (Wildman–Crippen LogP) is 2.18. The molecule has 0 bridgehead atoms. The fraction of sp³-hybridized carbons (Fsp3) is 0.250. The Morgan fingerprint density at radius 3 is 2.57 bits per heavy atom. The second-order valence-corrected chi connectivity index (χ2v) is 2.75. The molecule has 14 heavy (non-hydrogen) atoms. The zero-order valence-corrected chi connectivity index (χ0v) is 8.25. The highest BCUT2D eigenvalue weighted by atomic mass is 35.5. The van der Waals surface area contributed by atoms with Crippen LogP contribution in [0, 0.1) is 15.9 Å². The van der Waals surface area contributed by atoms with Crippen LogP contribution in [0.1, 0.15) is 18.5 Å². The van der Waals surface area contributed by atoms with Crippen LogP contribution in [0.3, 0.4) is 0 Å². The summed E-state index contributed by atoms with van der Waals surface area (Å²) in [6.07, 6.45) is 0. The Bertz CT molecular complexity index is 344. The maximum Gasteiger partial charge on any atom is 0.277 e. The Morgan fingerprint density at radius 2 is 2.14 bits per heavy atom. The maximum absolute atomic E-state index is 12.6. The SMILES string of the molecule is C[C@@H](N)c1ccc(F)cc1[N+](=O)[O-].Cl. The smallest absolute Gasteiger partial charge is 0.277 e. The van der Waals surface area contributed by atoms with Gasteiger partial charge in [-0.15, -0.1) is 12.4 Å². The molecule has 0 heterocycles. The van der Waals surface area contributed by atoms with E-state index in [4.69, 9.17) is 5.73 Å². The van der Waals surface area contributed by atoms with Gasteiger partial charge >= 0.3 is 0 Å². The van der Waals surface area contributed by atoms with Crippen molar-refractivity contribution >= 4 is 18.1 Å². The maximum atomic E-state index is 12.6. The lowest BCUT2D eigenvalue weighted by Gasteiger charge is -2.05. The molecule has 0 saturated carbocycles. The van der Waals surface area contributed by atoms with E-state index in [9.17, 15) is 14.5 Å². The van der Waals surface area contributed by atoms with Gasteiger partial charge in [0.05, 0.1) is 11.0 Å². The van der Waals surface area contributed by atoms with Gasteiger partial charge in [0, 0.05) is 11.6 Å².